The fourth-order valence-electron chi connectivity index (χ4n) is 2.56. The van der Waals surface area contributed by atoms with Crippen LogP contribution in [0.3, 0.4) is 0 Å². The first kappa shape index (κ1) is 16.6. The highest BCUT2D eigenvalue weighted by Gasteiger charge is 2.46. The molecule has 1 aliphatic rings. The zero-order valence-corrected chi connectivity index (χ0v) is 13.1. The number of carbonyl (C=O) groups excluding carboxylic acids is 1. The van der Waals surface area contributed by atoms with Crippen molar-refractivity contribution in [1.82, 2.24) is 0 Å². The molecule has 1 fully saturated rings. The Balaban J connectivity index is 1.53. The van der Waals surface area contributed by atoms with Crippen molar-refractivity contribution in [3.63, 3.8) is 0 Å². The lowest BCUT2D eigenvalue weighted by Gasteiger charge is -2.19. The van der Waals surface area contributed by atoms with E-state index in [1.165, 1.54) is 0 Å². The van der Waals surface area contributed by atoms with Crippen molar-refractivity contribution in [3.05, 3.63) is 71.8 Å². The summed E-state index contributed by atoms with van der Waals surface area (Å²) in [5.41, 5.74) is 1.91. The van der Waals surface area contributed by atoms with Crippen LogP contribution in [0.25, 0.3) is 0 Å². The maximum Gasteiger partial charge on any atom is 0.344 e. The molecule has 5 heteroatoms. The lowest BCUT2D eigenvalue weighted by atomic mass is 10.1. The number of esters is 1. The second-order valence-electron chi connectivity index (χ2n) is 5.64. The van der Waals surface area contributed by atoms with Gasteiger partial charge in [0, 0.05) is 0 Å². The van der Waals surface area contributed by atoms with Gasteiger partial charge in [-0.05, 0) is 11.1 Å². The van der Waals surface area contributed by atoms with Crippen molar-refractivity contribution in [2.45, 2.75) is 31.6 Å². The maximum atomic E-state index is 14.0. The minimum absolute atomic E-state index is 0.0977. The molecule has 3 atom stereocenters. The Kier molecular flexibility index (Phi) is 5.56. The predicted octanol–water partition coefficient (Wildman–Crippen LogP) is 3.05. The van der Waals surface area contributed by atoms with Crippen LogP contribution in [0.15, 0.2) is 60.7 Å². The van der Waals surface area contributed by atoms with Gasteiger partial charge in [-0.3, -0.25) is 0 Å². The van der Waals surface area contributed by atoms with Crippen LogP contribution in [0.2, 0.25) is 0 Å². The van der Waals surface area contributed by atoms with E-state index >= 15 is 0 Å². The van der Waals surface area contributed by atoms with Crippen LogP contribution in [-0.4, -0.2) is 31.0 Å². The number of rotatable bonds is 7. The Bertz CT molecular complexity index is 647. The third kappa shape index (κ3) is 4.19. The Hall–Kier alpha value is -2.24. The molecule has 4 nitrogen and oxygen atoms in total. The van der Waals surface area contributed by atoms with E-state index in [2.05, 4.69) is 0 Å². The minimum atomic E-state index is -1.78. The van der Waals surface area contributed by atoms with Crippen molar-refractivity contribution < 1.29 is 23.4 Å². The second kappa shape index (κ2) is 8.04. The van der Waals surface area contributed by atoms with E-state index in [0.29, 0.717) is 6.61 Å². The molecule has 0 aromatic heterocycles. The van der Waals surface area contributed by atoms with Crippen LogP contribution in [0, 0.1) is 0 Å². The van der Waals surface area contributed by atoms with Gasteiger partial charge in [-0.1, -0.05) is 60.7 Å². The molecule has 3 unspecified atom stereocenters. The summed E-state index contributed by atoms with van der Waals surface area (Å²) in [6.45, 7) is 0.690. The van der Waals surface area contributed by atoms with Crippen LogP contribution in [0.4, 0.5) is 4.39 Å². The molecular weight excluding hydrogens is 311 g/mol. The van der Waals surface area contributed by atoms with Gasteiger partial charge in [0.2, 0.25) is 6.17 Å². The molecule has 1 heterocycles. The summed E-state index contributed by atoms with van der Waals surface area (Å²) in [6.07, 6.45) is -3.47. The molecule has 0 N–H and O–H groups in total. The zero-order valence-electron chi connectivity index (χ0n) is 13.1. The van der Waals surface area contributed by atoms with Crippen LogP contribution >= 0.6 is 0 Å². The monoisotopic (exact) mass is 330 g/mol. The van der Waals surface area contributed by atoms with Crippen LogP contribution in [0.5, 0.6) is 0 Å². The number of halogens is 1. The van der Waals surface area contributed by atoms with Gasteiger partial charge in [0.05, 0.1) is 19.8 Å². The summed E-state index contributed by atoms with van der Waals surface area (Å²) in [5, 5.41) is 0. The number of hydrogen-bond donors (Lipinski definition) is 0. The lowest BCUT2D eigenvalue weighted by molar-refractivity contribution is -0.147. The fraction of sp³-hybridized carbons (Fsp3) is 0.316. The van der Waals surface area contributed by atoms with Crippen molar-refractivity contribution in [1.29, 1.82) is 0 Å². The molecule has 1 saturated heterocycles. The summed E-state index contributed by atoms with van der Waals surface area (Å²) in [5.74, 6) is -0.888. The molecule has 2 aromatic carbocycles. The maximum absolute atomic E-state index is 14.0. The molecule has 0 spiro atoms. The largest absolute Gasteiger partial charge is 0.455 e. The third-order valence-corrected chi connectivity index (χ3v) is 3.83. The molecule has 0 radical (unpaired) electrons. The minimum Gasteiger partial charge on any atom is -0.455 e. The van der Waals surface area contributed by atoms with E-state index in [1.807, 2.05) is 60.7 Å². The number of cyclic esters (lactones) is 1. The molecule has 126 valence electrons. The first-order valence-electron chi connectivity index (χ1n) is 7.86. The number of ether oxygens (including phenoxy) is 3. The van der Waals surface area contributed by atoms with E-state index in [0.717, 1.165) is 11.1 Å². The number of carbonyl (C=O) groups is 1. The standard InChI is InChI=1S/C19H19FO4/c20-17-18(23-12-15-9-5-2-6-10-15)16(24-19(17)21)13-22-11-14-7-3-1-4-8-14/h1-10,16-18H,11-13H2. The molecular formula is C19H19FO4. The normalized spacial score (nSPS) is 23.2. The van der Waals surface area contributed by atoms with Gasteiger partial charge in [-0.15, -0.1) is 0 Å². The van der Waals surface area contributed by atoms with Gasteiger partial charge >= 0.3 is 5.97 Å². The topological polar surface area (TPSA) is 44.8 Å². The molecule has 3 rings (SSSR count). The molecule has 2 aromatic rings. The van der Waals surface area contributed by atoms with Crippen LogP contribution in [0.1, 0.15) is 11.1 Å². The quantitative estimate of drug-likeness (QED) is 0.732. The van der Waals surface area contributed by atoms with Gasteiger partial charge < -0.3 is 14.2 Å². The van der Waals surface area contributed by atoms with E-state index < -0.39 is 24.3 Å². The van der Waals surface area contributed by atoms with Crippen molar-refractivity contribution in [2.24, 2.45) is 0 Å². The van der Waals surface area contributed by atoms with Gasteiger partial charge in [0.25, 0.3) is 0 Å². The highest BCUT2D eigenvalue weighted by atomic mass is 19.1. The van der Waals surface area contributed by atoms with E-state index in [-0.39, 0.29) is 13.2 Å². The Morgan fingerprint density at radius 3 is 2.12 bits per heavy atom. The lowest BCUT2D eigenvalue weighted by Crippen LogP contribution is -2.34. The fourth-order valence-corrected chi connectivity index (χ4v) is 2.56. The molecule has 0 bridgehead atoms. The second-order valence-corrected chi connectivity index (χ2v) is 5.64. The average molecular weight is 330 g/mol. The molecule has 0 amide bonds. The first-order valence-corrected chi connectivity index (χ1v) is 7.86. The summed E-state index contributed by atoms with van der Waals surface area (Å²) in [6, 6.07) is 19.0. The van der Waals surface area contributed by atoms with Gasteiger partial charge in [0.1, 0.15) is 6.10 Å². The highest BCUT2D eigenvalue weighted by molar-refractivity contribution is 5.78. The number of benzene rings is 2. The van der Waals surface area contributed by atoms with Crippen LogP contribution in [-0.2, 0) is 32.2 Å². The third-order valence-electron chi connectivity index (χ3n) is 3.83. The molecule has 1 aliphatic heterocycles. The Labute approximate surface area is 140 Å². The highest BCUT2D eigenvalue weighted by Crippen LogP contribution is 2.24. The molecule has 0 saturated carbocycles. The average Bonchev–Trinajstić information content (AvgIpc) is 2.89. The number of hydrogen-bond acceptors (Lipinski definition) is 4. The zero-order chi connectivity index (χ0) is 16.8. The van der Waals surface area contributed by atoms with Crippen molar-refractivity contribution in [2.75, 3.05) is 6.61 Å². The molecule has 24 heavy (non-hydrogen) atoms. The van der Waals surface area contributed by atoms with E-state index in [9.17, 15) is 9.18 Å². The number of alkyl halides is 1. The van der Waals surface area contributed by atoms with Gasteiger partial charge in [-0.25, -0.2) is 9.18 Å². The van der Waals surface area contributed by atoms with E-state index in [4.69, 9.17) is 14.2 Å². The smallest absolute Gasteiger partial charge is 0.344 e. The van der Waals surface area contributed by atoms with Gasteiger partial charge in [-0.2, -0.15) is 0 Å². The van der Waals surface area contributed by atoms with Crippen LogP contribution < -0.4 is 0 Å². The van der Waals surface area contributed by atoms with Crippen molar-refractivity contribution in [3.8, 4) is 0 Å². The van der Waals surface area contributed by atoms with Gasteiger partial charge in [0.15, 0.2) is 6.10 Å². The Morgan fingerprint density at radius 2 is 1.50 bits per heavy atom. The first-order chi connectivity index (χ1) is 11.7. The summed E-state index contributed by atoms with van der Waals surface area (Å²) in [7, 11) is 0. The van der Waals surface area contributed by atoms with E-state index in [1.54, 1.807) is 0 Å². The van der Waals surface area contributed by atoms with Crippen molar-refractivity contribution >= 4 is 5.97 Å². The Morgan fingerprint density at radius 1 is 0.917 bits per heavy atom. The SMILES string of the molecule is O=C1OC(COCc2ccccc2)C(OCc2ccccc2)C1F. The summed E-state index contributed by atoms with van der Waals surface area (Å²) >= 11 is 0. The summed E-state index contributed by atoms with van der Waals surface area (Å²) in [4.78, 5) is 11.5. The summed E-state index contributed by atoms with van der Waals surface area (Å²) < 4.78 is 30.2. The molecule has 0 aliphatic carbocycles. The predicted molar refractivity (Wildman–Crippen MR) is 85.9 cm³/mol.